The molecule has 0 radical (unpaired) electrons. The number of pyridine rings is 1. The van der Waals surface area contributed by atoms with Gasteiger partial charge in [0.15, 0.2) is 11.2 Å². The van der Waals surface area contributed by atoms with Crippen LogP contribution in [0.3, 0.4) is 0 Å². The first-order valence-corrected chi connectivity index (χ1v) is 8.85. The summed E-state index contributed by atoms with van der Waals surface area (Å²) < 4.78 is 5.64. The normalized spacial score (nSPS) is 12.2. The van der Waals surface area contributed by atoms with E-state index in [0.717, 1.165) is 12.1 Å². The minimum Gasteiger partial charge on any atom is -0.430 e. The van der Waals surface area contributed by atoms with Crippen LogP contribution in [-0.4, -0.2) is 21.1 Å². The maximum absolute atomic E-state index is 12.5. The number of carbonyl (C=O) groups is 1. The Kier molecular flexibility index (Phi) is 5.15. The number of nitrogens with one attached hydrogen (secondary N) is 1. The van der Waals surface area contributed by atoms with Crippen LogP contribution in [0, 0.1) is 0 Å². The van der Waals surface area contributed by atoms with Gasteiger partial charge in [0.2, 0.25) is 5.91 Å². The second-order valence-corrected chi connectivity index (χ2v) is 6.51. The molecule has 0 aliphatic carbocycles. The van der Waals surface area contributed by atoms with Crippen molar-refractivity contribution in [2.24, 2.45) is 0 Å². The average molecular weight is 341 g/mol. The summed E-state index contributed by atoms with van der Waals surface area (Å²) in [6.07, 6.45) is 3.33. The monoisotopic (exact) mass is 341 g/mol. The third kappa shape index (κ3) is 3.76. The number of hydrogen-bond donors (Lipinski definition) is 1. The maximum atomic E-state index is 12.5. The number of fused-ring (bicyclic) bond motifs is 1. The number of anilines is 1. The third-order valence-electron chi connectivity index (χ3n) is 3.68. The molecule has 0 spiro atoms. The third-order valence-corrected chi connectivity index (χ3v) is 4.89. The molecule has 0 saturated heterocycles. The lowest BCUT2D eigenvalue weighted by atomic mass is 10.1. The van der Waals surface area contributed by atoms with E-state index in [1.807, 2.05) is 37.3 Å². The number of thioether (sulfide) groups is 1. The predicted molar refractivity (Wildman–Crippen MR) is 96.2 cm³/mol. The number of aromatic nitrogens is 2. The molecule has 24 heavy (non-hydrogen) atoms. The highest BCUT2D eigenvalue weighted by atomic mass is 32.2. The van der Waals surface area contributed by atoms with Crippen LogP contribution in [0.5, 0.6) is 0 Å². The van der Waals surface area contributed by atoms with Gasteiger partial charge in [0, 0.05) is 11.9 Å². The van der Waals surface area contributed by atoms with Crippen molar-refractivity contribution in [2.45, 2.75) is 37.2 Å². The molecule has 0 bridgehead atoms. The number of hydrogen-bond acceptors (Lipinski definition) is 5. The quantitative estimate of drug-likeness (QED) is 0.677. The van der Waals surface area contributed by atoms with Crippen LogP contribution >= 0.6 is 11.8 Å². The summed E-state index contributed by atoms with van der Waals surface area (Å²) in [5, 5.41) is 3.14. The highest BCUT2D eigenvalue weighted by molar-refractivity contribution is 8.00. The van der Waals surface area contributed by atoms with Gasteiger partial charge >= 0.3 is 0 Å². The Morgan fingerprint density at radius 2 is 2.04 bits per heavy atom. The number of aryl methyl sites for hydroxylation is 1. The summed E-state index contributed by atoms with van der Waals surface area (Å²) in [6, 6.07) is 11.5. The van der Waals surface area contributed by atoms with Crippen molar-refractivity contribution in [2.75, 3.05) is 5.32 Å². The van der Waals surface area contributed by atoms with Gasteiger partial charge in [0.25, 0.3) is 5.22 Å². The first-order chi connectivity index (χ1) is 11.7. The number of nitrogens with zero attached hydrogens (tertiary/aromatic N) is 2. The molecule has 0 saturated carbocycles. The van der Waals surface area contributed by atoms with Crippen molar-refractivity contribution in [3.05, 3.63) is 48.2 Å². The predicted octanol–water partition coefficient (Wildman–Crippen LogP) is 4.29. The molecular formula is C18H19N3O2S. The zero-order valence-electron chi connectivity index (χ0n) is 13.7. The number of amides is 1. The Bertz CT molecular complexity index is 797. The summed E-state index contributed by atoms with van der Waals surface area (Å²) in [4.78, 5) is 21.0. The molecule has 0 unspecified atom stereocenters. The van der Waals surface area contributed by atoms with Gasteiger partial charge in [-0.1, -0.05) is 37.7 Å². The molecule has 1 amide bonds. The van der Waals surface area contributed by atoms with Crippen LogP contribution in [0.4, 0.5) is 5.69 Å². The van der Waals surface area contributed by atoms with Gasteiger partial charge in [-0.2, -0.15) is 4.98 Å². The summed E-state index contributed by atoms with van der Waals surface area (Å²) in [5.41, 5.74) is 3.24. The lowest BCUT2D eigenvalue weighted by Gasteiger charge is -2.13. The molecule has 1 aromatic carbocycles. The lowest BCUT2D eigenvalue weighted by molar-refractivity contribution is -0.115. The first-order valence-electron chi connectivity index (χ1n) is 7.97. The van der Waals surface area contributed by atoms with Gasteiger partial charge < -0.3 is 9.73 Å². The van der Waals surface area contributed by atoms with Crippen LogP contribution in [-0.2, 0) is 11.2 Å². The summed E-state index contributed by atoms with van der Waals surface area (Å²) in [6.45, 7) is 4.07. The fourth-order valence-corrected chi connectivity index (χ4v) is 3.14. The molecule has 2 heterocycles. The van der Waals surface area contributed by atoms with E-state index in [9.17, 15) is 4.79 Å². The Labute approximate surface area is 144 Å². The lowest BCUT2D eigenvalue weighted by Crippen LogP contribution is -2.24. The number of rotatable bonds is 6. The van der Waals surface area contributed by atoms with Crippen LogP contribution in [0.1, 0.15) is 25.8 Å². The standard InChI is InChI=1S/C18H19N3O2S/c1-3-12-7-9-13(10-8-12)20-17(22)15(4-2)24-18-21-16-14(23-18)6-5-11-19-16/h5-11,15H,3-4H2,1-2H3,(H,20,22)/t15-/m0/s1. The summed E-state index contributed by atoms with van der Waals surface area (Å²) in [7, 11) is 0. The Balaban J connectivity index is 1.69. The van der Waals surface area contributed by atoms with Crippen molar-refractivity contribution in [3.8, 4) is 0 Å². The fraction of sp³-hybridized carbons (Fsp3) is 0.278. The Morgan fingerprint density at radius 1 is 1.25 bits per heavy atom. The first kappa shape index (κ1) is 16.5. The second-order valence-electron chi connectivity index (χ2n) is 5.36. The van der Waals surface area contributed by atoms with Gasteiger partial charge in [0.1, 0.15) is 0 Å². The molecule has 3 rings (SSSR count). The summed E-state index contributed by atoms with van der Waals surface area (Å²) >= 11 is 1.32. The van der Waals surface area contributed by atoms with E-state index in [4.69, 9.17) is 4.42 Å². The van der Waals surface area contributed by atoms with Crippen LogP contribution in [0.2, 0.25) is 0 Å². The van der Waals surface area contributed by atoms with E-state index in [0.29, 0.717) is 22.9 Å². The molecule has 5 nitrogen and oxygen atoms in total. The van der Waals surface area contributed by atoms with E-state index >= 15 is 0 Å². The van der Waals surface area contributed by atoms with Crippen LogP contribution in [0.15, 0.2) is 52.2 Å². The van der Waals surface area contributed by atoms with E-state index in [2.05, 4.69) is 22.2 Å². The van der Waals surface area contributed by atoms with Crippen molar-refractivity contribution in [1.82, 2.24) is 9.97 Å². The van der Waals surface area contributed by atoms with E-state index in [1.54, 1.807) is 12.3 Å². The van der Waals surface area contributed by atoms with Gasteiger partial charge in [-0.25, -0.2) is 4.98 Å². The van der Waals surface area contributed by atoms with Crippen molar-refractivity contribution >= 4 is 34.6 Å². The van der Waals surface area contributed by atoms with Crippen LogP contribution in [0.25, 0.3) is 11.2 Å². The second kappa shape index (κ2) is 7.49. The van der Waals surface area contributed by atoms with E-state index in [-0.39, 0.29) is 11.2 Å². The molecular weight excluding hydrogens is 322 g/mol. The molecule has 3 aromatic rings. The van der Waals surface area contributed by atoms with E-state index in [1.165, 1.54) is 17.3 Å². The topological polar surface area (TPSA) is 68.0 Å². The average Bonchev–Trinajstić information content (AvgIpc) is 3.02. The van der Waals surface area contributed by atoms with Crippen molar-refractivity contribution < 1.29 is 9.21 Å². The van der Waals surface area contributed by atoms with Gasteiger partial charge in [-0.3, -0.25) is 4.79 Å². The molecule has 1 atom stereocenters. The molecule has 0 fully saturated rings. The van der Waals surface area contributed by atoms with Crippen molar-refractivity contribution in [3.63, 3.8) is 0 Å². The van der Waals surface area contributed by atoms with Gasteiger partial charge in [-0.15, -0.1) is 0 Å². The zero-order valence-corrected chi connectivity index (χ0v) is 14.5. The molecule has 124 valence electrons. The number of carbonyl (C=O) groups excluding carboxylic acids is 1. The minimum atomic E-state index is -0.274. The Hall–Kier alpha value is -2.34. The smallest absolute Gasteiger partial charge is 0.259 e. The minimum absolute atomic E-state index is 0.0537. The fourth-order valence-electron chi connectivity index (χ4n) is 2.29. The SMILES string of the molecule is CCc1ccc(NC(=O)[C@H](CC)Sc2nc3ncccc3o2)cc1. The molecule has 0 aliphatic rings. The number of oxazole rings is 1. The number of benzene rings is 1. The molecule has 6 heteroatoms. The summed E-state index contributed by atoms with van der Waals surface area (Å²) in [5.74, 6) is -0.0537. The van der Waals surface area contributed by atoms with E-state index < -0.39 is 0 Å². The highest BCUT2D eigenvalue weighted by Gasteiger charge is 2.21. The zero-order chi connectivity index (χ0) is 16.9. The molecule has 1 N–H and O–H groups in total. The molecule has 2 aromatic heterocycles. The molecule has 0 aliphatic heterocycles. The highest BCUT2D eigenvalue weighted by Crippen LogP contribution is 2.28. The van der Waals surface area contributed by atoms with Gasteiger partial charge in [-0.05, 0) is 42.7 Å². The van der Waals surface area contributed by atoms with Crippen LogP contribution < -0.4 is 5.32 Å². The maximum Gasteiger partial charge on any atom is 0.259 e. The largest absolute Gasteiger partial charge is 0.430 e. The van der Waals surface area contributed by atoms with Gasteiger partial charge in [0.05, 0.1) is 5.25 Å². The van der Waals surface area contributed by atoms with Crippen molar-refractivity contribution in [1.29, 1.82) is 0 Å². The Morgan fingerprint density at radius 3 is 2.71 bits per heavy atom.